The average molecular weight is 472 g/mol. The van der Waals surface area contributed by atoms with Crippen molar-refractivity contribution in [1.82, 2.24) is 5.43 Å². The minimum atomic E-state index is -3.75. The van der Waals surface area contributed by atoms with Gasteiger partial charge in [-0.25, -0.2) is 13.8 Å². The van der Waals surface area contributed by atoms with Crippen LogP contribution in [0, 0.1) is 5.92 Å². The Bertz CT molecular complexity index is 989. The zero-order valence-corrected chi connectivity index (χ0v) is 19.1. The van der Waals surface area contributed by atoms with E-state index in [1.54, 1.807) is 24.3 Å². The first-order chi connectivity index (χ1) is 14.0. The van der Waals surface area contributed by atoms with E-state index >= 15 is 0 Å². The largest absolute Gasteiger partial charge is 0.493 e. The third kappa shape index (κ3) is 7.85. The molecule has 0 aliphatic rings. The Labute approximate surface area is 186 Å². The van der Waals surface area contributed by atoms with Crippen LogP contribution in [-0.2, 0) is 14.8 Å². The Hall–Kier alpha value is -2.29. The van der Waals surface area contributed by atoms with Gasteiger partial charge in [0.15, 0.2) is 0 Å². The first-order valence-corrected chi connectivity index (χ1v) is 11.6. The molecule has 2 aromatic carbocycles. The van der Waals surface area contributed by atoms with E-state index in [0.717, 1.165) is 21.9 Å². The number of sulfonamides is 1. The molecule has 0 aliphatic heterocycles. The maximum absolute atomic E-state index is 12.2. The number of halogens is 2. The number of hydrogen-bond acceptors (Lipinski definition) is 5. The molecule has 0 radical (unpaired) electrons. The fourth-order valence-corrected chi connectivity index (χ4v) is 3.70. The van der Waals surface area contributed by atoms with E-state index < -0.39 is 22.5 Å². The van der Waals surface area contributed by atoms with Gasteiger partial charge < -0.3 is 4.74 Å². The Morgan fingerprint density at radius 2 is 1.77 bits per heavy atom. The van der Waals surface area contributed by atoms with Crippen LogP contribution in [0.2, 0.25) is 10.0 Å². The van der Waals surface area contributed by atoms with Gasteiger partial charge in [0.2, 0.25) is 10.0 Å². The van der Waals surface area contributed by atoms with Gasteiger partial charge in [-0.05, 0) is 53.9 Å². The minimum absolute atomic E-state index is 0.186. The number of anilines is 1. The summed E-state index contributed by atoms with van der Waals surface area (Å²) in [5.74, 6) is 0.550. The highest BCUT2D eigenvalue weighted by Gasteiger charge is 2.21. The fourth-order valence-electron chi connectivity index (χ4n) is 2.34. The van der Waals surface area contributed by atoms with E-state index in [9.17, 15) is 13.2 Å². The van der Waals surface area contributed by atoms with Crippen LogP contribution in [0.3, 0.4) is 0 Å². The van der Waals surface area contributed by atoms with Gasteiger partial charge in [-0.2, -0.15) is 5.10 Å². The molecule has 2 rings (SSSR count). The monoisotopic (exact) mass is 471 g/mol. The fraction of sp³-hybridized carbons (Fsp3) is 0.300. The van der Waals surface area contributed by atoms with Crippen LogP contribution in [0.5, 0.6) is 5.75 Å². The molecule has 0 aliphatic carbocycles. The molecule has 10 heteroatoms. The SMILES string of the molecule is CC(C)COc1ccc(/C=N\NC(=O)CN(c2cc(Cl)cc(Cl)c2)S(C)(=O)=O)cc1. The van der Waals surface area contributed by atoms with E-state index in [-0.39, 0.29) is 15.7 Å². The molecule has 0 bridgehead atoms. The lowest BCUT2D eigenvalue weighted by atomic mass is 10.2. The summed E-state index contributed by atoms with van der Waals surface area (Å²) in [5.41, 5.74) is 3.25. The minimum Gasteiger partial charge on any atom is -0.493 e. The summed E-state index contributed by atoms with van der Waals surface area (Å²) in [5, 5.41) is 4.38. The Kier molecular flexibility index (Phi) is 8.52. The van der Waals surface area contributed by atoms with Crippen molar-refractivity contribution >= 4 is 51.0 Å². The number of rotatable bonds is 9. The van der Waals surface area contributed by atoms with Gasteiger partial charge in [0.1, 0.15) is 12.3 Å². The Morgan fingerprint density at radius 1 is 1.17 bits per heavy atom. The molecule has 0 fully saturated rings. The predicted molar refractivity (Wildman–Crippen MR) is 121 cm³/mol. The molecule has 30 heavy (non-hydrogen) atoms. The van der Waals surface area contributed by atoms with E-state index in [1.807, 2.05) is 0 Å². The highest BCUT2D eigenvalue weighted by molar-refractivity contribution is 7.92. The topological polar surface area (TPSA) is 88.1 Å². The molecule has 0 saturated heterocycles. The van der Waals surface area contributed by atoms with Crippen molar-refractivity contribution in [3.05, 3.63) is 58.1 Å². The zero-order valence-electron chi connectivity index (χ0n) is 16.8. The maximum Gasteiger partial charge on any atom is 0.260 e. The van der Waals surface area contributed by atoms with E-state index in [0.29, 0.717) is 12.5 Å². The molecule has 0 spiro atoms. The Balaban J connectivity index is 2.00. The van der Waals surface area contributed by atoms with Crippen molar-refractivity contribution in [3.8, 4) is 5.75 Å². The first-order valence-electron chi connectivity index (χ1n) is 9.03. The van der Waals surface area contributed by atoms with E-state index in [1.165, 1.54) is 24.4 Å². The molecular formula is C20H23Cl2N3O4S. The summed E-state index contributed by atoms with van der Waals surface area (Å²) in [6, 6.07) is 11.5. The molecule has 0 heterocycles. The summed E-state index contributed by atoms with van der Waals surface area (Å²) in [6.45, 7) is 4.28. The summed E-state index contributed by atoms with van der Waals surface area (Å²) in [7, 11) is -3.75. The summed E-state index contributed by atoms with van der Waals surface area (Å²) >= 11 is 11.9. The van der Waals surface area contributed by atoms with Crippen LogP contribution in [0.15, 0.2) is 47.6 Å². The molecule has 162 valence electrons. The molecule has 0 aromatic heterocycles. The van der Waals surface area contributed by atoms with Crippen molar-refractivity contribution in [2.75, 3.05) is 23.7 Å². The quantitative estimate of drug-likeness (QED) is 0.442. The normalized spacial score (nSPS) is 11.7. The van der Waals surface area contributed by atoms with Gasteiger partial charge in [0.25, 0.3) is 5.91 Å². The third-order valence-corrected chi connectivity index (χ3v) is 5.27. The van der Waals surface area contributed by atoms with Gasteiger partial charge in [-0.3, -0.25) is 9.10 Å². The lowest BCUT2D eigenvalue weighted by molar-refractivity contribution is -0.119. The van der Waals surface area contributed by atoms with Crippen LogP contribution in [0.25, 0.3) is 0 Å². The maximum atomic E-state index is 12.2. The summed E-state index contributed by atoms with van der Waals surface area (Å²) in [6.07, 6.45) is 2.44. The number of amides is 1. The second-order valence-electron chi connectivity index (χ2n) is 6.96. The summed E-state index contributed by atoms with van der Waals surface area (Å²) in [4.78, 5) is 12.2. The molecule has 0 atom stereocenters. The zero-order chi connectivity index (χ0) is 22.3. The number of carbonyl (C=O) groups is 1. The number of ether oxygens (including phenoxy) is 1. The standard InChI is InChI=1S/C20H23Cl2N3O4S/c1-14(2)13-29-19-6-4-15(5-7-19)11-23-24-20(26)12-25(30(3,27)28)18-9-16(21)8-17(22)10-18/h4-11,14H,12-13H2,1-3H3,(H,24,26)/b23-11-. The number of benzene rings is 2. The number of hydrogen-bond donors (Lipinski definition) is 1. The molecule has 2 aromatic rings. The highest BCUT2D eigenvalue weighted by atomic mass is 35.5. The molecule has 0 unspecified atom stereocenters. The molecule has 7 nitrogen and oxygen atoms in total. The molecule has 1 amide bonds. The molecule has 1 N–H and O–H groups in total. The second kappa shape index (κ2) is 10.7. The smallest absolute Gasteiger partial charge is 0.260 e. The van der Waals surface area contributed by atoms with Crippen LogP contribution in [0.1, 0.15) is 19.4 Å². The lowest BCUT2D eigenvalue weighted by Gasteiger charge is -2.21. The number of carbonyl (C=O) groups excluding carboxylic acids is 1. The van der Waals surface area contributed by atoms with Crippen molar-refractivity contribution in [1.29, 1.82) is 0 Å². The van der Waals surface area contributed by atoms with E-state index in [2.05, 4.69) is 24.4 Å². The second-order valence-corrected chi connectivity index (χ2v) is 9.74. The lowest BCUT2D eigenvalue weighted by Crippen LogP contribution is -2.39. The van der Waals surface area contributed by atoms with Crippen molar-refractivity contribution in [2.24, 2.45) is 11.0 Å². The van der Waals surface area contributed by atoms with Gasteiger partial charge in [0.05, 0.1) is 24.8 Å². The van der Waals surface area contributed by atoms with Crippen molar-refractivity contribution in [2.45, 2.75) is 13.8 Å². The van der Waals surface area contributed by atoms with Gasteiger partial charge in [0, 0.05) is 10.0 Å². The van der Waals surface area contributed by atoms with Crippen molar-refractivity contribution in [3.63, 3.8) is 0 Å². The van der Waals surface area contributed by atoms with Crippen LogP contribution >= 0.6 is 23.2 Å². The van der Waals surface area contributed by atoms with Crippen LogP contribution in [0.4, 0.5) is 5.69 Å². The van der Waals surface area contributed by atoms with Crippen LogP contribution < -0.4 is 14.5 Å². The van der Waals surface area contributed by atoms with E-state index in [4.69, 9.17) is 27.9 Å². The summed E-state index contributed by atoms with van der Waals surface area (Å²) < 4.78 is 30.7. The van der Waals surface area contributed by atoms with Crippen LogP contribution in [-0.4, -0.2) is 39.9 Å². The third-order valence-electron chi connectivity index (χ3n) is 3.69. The Morgan fingerprint density at radius 3 is 2.30 bits per heavy atom. The van der Waals surface area contributed by atoms with Crippen molar-refractivity contribution < 1.29 is 17.9 Å². The first kappa shape index (κ1) is 24.0. The number of nitrogens with one attached hydrogen (secondary N) is 1. The highest BCUT2D eigenvalue weighted by Crippen LogP contribution is 2.26. The van der Waals surface area contributed by atoms with Gasteiger partial charge in [-0.1, -0.05) is 37.0 Å². The average Bonchev–Trinajstić information content (AvgIpc) is 2.63. The van der Waals surface area contributed by atoms with Gasteiger partial charge in [-0.15, -0.1) is 0 Å². The predicted octanol–water partition coefficient (Wildman–Crippen LogP) is 3.94. The number of hydrazone groups is 1. The molecular weight excluding hydrogens is 449 g/mol. The number of nitrogens with zero attached hydrogens (tertiary/aromatic N) is 2. The van der Waals surface area contributed by atoms with Gasteiger partial charge >= 0.3 is 0 Å². The molecule has 0 saturated carbocycles.